The van der Waals surface area contributed by atoms with E-state index in [0.29, 0.717) is 13.2 Å². The summed E-state index contributed by atoms with van der Waals surface area (Å²) in [6.45, 7) is 2.85. The Morgan fingerprint density at radius 3 is 2.75 bits per heavy atom. The van der Waals surface area contributed by atoms with Gasteiger partial charge in [0, 0.05) is 25.3 Å². The van der Waals surface area contributed by atoms with Crippen LogP contribution in [0.1, 0.15) is 18.4 Å². The van der Waals surface area contributed by atoms with Crippen molar-refractivity contribution in [3.8, 4) is 0 Å². The van der Waals surface area contributed by atoms with E-state index in [0.717, 1.165) is 37.2 Å². The van der Waals surface area contributed by atoms with Crippen molar-refractivity contribution < 1.29 is 14.2 Å². The summed E-state index contributed by atoms with van der Waals surface area (Å²) in [7, 11) is 1.86. The monoisotopic (exact) mass is 282 g/mol. The van der Waals surface area contributed by atoms with Crippen LogP contribution in [0.4, 0.5) is 10.1 Å². The predicted molar refractivity (Wildman–Crippen MR) is 77.4 cm³/mol. The zero-order valence-corrected chi connectivity index (χ0v) is 11.9. The van der Waals surface area contributed by atoms with Gasteiger partial charge in [-0.05, 0) is 43.7 Å². The van der Waals surface area contributed by atoms with Gasteiger partial charge in [-0.2, -0.15) is 0 Å². The first-order chi connectivity index (χ1) is 9.72. The largest absolute Gasteiger partial charge is 0.394 e. The molecule has 0 radical (unpaired) electrons. The summed E-state index contributed by atoms with van der Waals surface area (Å²) in [5.74, 6) is -0.189. The average Bonchev–Trinajstić information content (AvgIpc) is 2.45. The van der Waals surface area contributed by atoms with Gasteiger partial charge in [0.25, 0.3) is 0 Å². The number of rotatable bonds is 6. The summed E-state index contributed by atoms with van der Waals surface area (Å²) in [5.41, 5.74) is 1.90. The van der Waals surface area contributed by atoms with Crippen molar-refractivity contribution in [3.05, 3.63) is 29.6 Å². The van der Waals surface area contributed by atoms with Crippen molar-refractivity contribution in [2.24, 2.45) is 0 Å². The van der Waals surface area contributed by atoms with Gasteiger partial charge < -0.3 is 20.1 Å². The van der Waals surface area contributed by atoms with E-state index in [1.807, 2.05) is 13.1 Å². The molecule has 0 spiro atoms. The first kappa shape index (κ1) is 15.2. The minimum absolute atomic E-state index is 0.0670. The van der Waals surface area contributed by atoms with E-state index in [-0.39, 0.29) is 18.5 Å². The molecule has 1 aliphatic rings. The van der Waals surface area contributed by atoms with Gasteiger partial charge in [0.2, 0.25) is 0 Å². The molecule has 4 nitrogen and oxygen atoms in total. The first-order valence-electron chi connectivity index (χ1n) is 7.14. The molecule has 1 fully saturated rings. The number of nitrogens with zero attached hydrogens (tertiary/aromatic N) is 1. The molecule has 0 saturated carbocycles. The number of hydrogen-bond donors (Lipinski definition) is 2. The molecule has 1 aromatic carbocycles. The number of hydrogen-bond acceptors (Lipinski definition) is 4. The quantitative estimate of drug-likeness (QED) is 0.830. The lowest BCUT2D eigenvalue weighted by atomic mass is 10.1. The molecule has 5 heteroatoms. The second-order valence-electron chi connectivity index (χ2n) is 5.13. The van der Waals surface area contributed by atoms with Crippen LogP contribution in [-0.4, -0.2) is 44.6 Å². The molecular weight excluding hydrogens is 259 g/mol. The van der Waals surface area contributed by atoms with Crippen LogP contribution in [0.3, 0.4) is 0 Å². The SMILES string of the molecule is CNCc1cc(F)cc(N2CCC(OCCO)CC2)c1. The van der Waals surface area contributed by atoms with Crippen molar-refractivity contribution >= 4 is 5.69 Å². The van der Waals surface area contributed by atoms with Crippen LogP contribution in [-0.2, 0) is 11.3 Å². The zero-order chi connectivity index (χ0) is 14.4. The zero-order valence-electron chi connectivity index (χ0n) is 11.9. The Hall–Kier alpha value is -1.17. The van der Waals surface area contributed by atoms with E-state index in [9.17, 15) is 4.39 Å². The van der Waals surface area contributed by atoms with Crippen molar-refractivity contribution in [2.75, 3.05) is 38.3 Å². The fourth-order valence-corrected chi connectivity index (χ4v) is 2.62. The maximum absolute atomic E-state index is 13.6. The molecule has 2 N–H and O–H groups in total. The maximum atomic E-state index is 13.6. The molecule has 0 aliphatic carbocycles. The highest BCUT2D eigenvalue weighted by atomic mass is 19.1. The fraction of sp³-hybridized carbons (Fsp3) is 0.600. The lowest BCUT2D eigenvalue weighted by Gasteiger charge is -2.33. The normalized spacial score (nSPS) is 16.6. The highest BCUT2D eigenvalue weighted by Crippen LogP contribution is 2.23. The Morgan fingerprint density at radius 2 is 2.10 bits per heavy atom. The molecule has 1 heterocycles. The summed E-state index contributed by atoms with van der Waals surface area (Å²) in [6, 6.07) is 5.19. The highest BCUT2D eigenvalue weighted by Gasteiger charge is 2.20. The number of aliphatic hydroxyl groups is 1. The fourth-order valence-electron chi connectivity index (χ4n) is 2.62. The van der Waals surface area contributed by atoms with Crippen LogP contribution >= 0.6 is 0 Å². The van der Waals surface area contributed by atoms with E-state index in [4.69, 9.17) is 9.84 Å². The van der Waals surface area contributed by atoms with Gasteiger partial charge in [0.1, 0.15) is 5.82 Å². The summed E-state index contributed by atoms with van der Waals surface area (Å²) < 4.78 is 19.2. The lowest BCUT2D eigenvalue weighted by Crippen LogP contribution is -2.37. The molecule has 0 atom stereocenters. The number of halogens is 1. The molecule has 1 aliphatic heterocycles. The van der Waals surface area contributed by atoms with E-state index in [1.165, 1.54) is 0 Å². The van der Waals surface area contributed by atoms with Crippen LogP contribution in [0.5, 0.6) is 0 Å². The number of ether oxygens (including phenoxy) is 1. The molecule has 0 amide bonds. The summed E-state index contributed by atoms with van der Waals surface area (Å²) in [5, 5.41) is 11.8. The van der Waals surface area contributed by atoms with E-state index in [1.54, 1.807) is 12.1 Å². The van der Waals surface area contributed by atoms with E-state index < -0.39 is 0 Å². The third-order valence-electron chi connectivity index (χ3n) is 3.58. The summed E-state index contributed by atoms with van der Waals surface area (Å²) in [4.78, 5) is 2.20. The van der Waals surface area contributed by atoms with Crippen molar-refractivity contribution in [2.45, 2.75) is 25.5 Å². The molecule has 2 rings (SSSR count). The standard InChI is InChI=1S/C15H23FN2O2/c1-17-11-12-8-13(16)10-14(9-12)18-4-2-15(3-5-18)20-7-6-19/h8-10,15,17,19H,2-7,11H2,1H3. The van der Waals surface area contributed by atoms with Crippen LogP contribution in [0, 0.1) is 5.82 Å². The Kier molecular flexibility index (Phi) is 5.76. The lowest BCUT2D eigenvalue weighted by molar-refractivity contribution is 0.0159. The smallest absolute Gasteiger partial charge is 0.125 e. The molecular formula is C15H23FN2O2. The number of aliphatic hydroxyl groups excluding tert-OH is 1. The first-order valence-corrected chi connectivity index (χ1v) is 7.14. The Labute approximate surface area is 119 Å². The Bertz CT molecular complexity index is 420. The number of benzene rings is 1. The van der Waals surface area contributed by atoms with Crippen LogP contribution in [0.2, 0.25) is 0 Å². The van der Waals surface area contributed by atoms with Gasteiger partial charge in [-0.25, -0.2) is 4.39 Å². The third kappa shape index (κ3) is 4.16. The average molecular weight is 282 g/mol. The highest BCUT2D eigenvalue weighted by molar-refractivity contribution is 5.49. The van der Waals surface area contributed by atoms with Crippen molar-refractivity contribution in [3.63, 3.8) is 0 Å². The number of anilines is 1. The molecule has 1 saturated heterocycles. The molecule has 112 valence electrons. The van der Waals surface area contributed by atoms with Crippen molar-refractivity contribution in [1.82, 2.24) is 5.32 Å². The molecule has 1 aromatic rings. The topological polar surface area (TPSA) is 44.7 Å². The Morgan fingerprint density at radius 1 is 1.35 bits per heavy atom. The van der Waals surface area contributed by atoms with E-state index >= 15 is 0 Å². The van der Waals surface area contributed by atoms with Crippen LogP contribution in [0.15, 0.2) is 18.2 Å². The number of piperidine rings is 1. The summed E-state index contributed by atoms with van der Waals surface area (Å²) >= 11 is 0. The summed E-state index contributed by atoms with van der Waals surface area (Å²) in [6.07, 6.45) is 2.04. The molecule has 0 aromatic heterocycles. The number of nitrogens with one attached hydrogen (secondary N) is 1. The van der Waals surface area contributed by atoms with Gasteiger partial charge in [-0.1, -0.05) is 0 Å². The molecule has 0 unspecified atom stereocenters. The van der Waals surface area contributed by atoms with Gasteiger partial charge in [-0.3, -0.25) is 0 Å². The van der Waals surface area contributed by atoms with Gasteiger partial charge >= 0.3 is 0 Å². The molecule has 0 bridgehead atoms. The van der Waals surface area contributed by atoms with Gasteiger partial charge in [0.15, 0.2) is 0 Å². The molecule has 20 heavy (non-hydrogen) atoms. The Balaban J connectivity index is 1.96. The van der Waals surface area contributed by atoms with Gasteiger partial charge in [0.05, 0.1) is 19.3 Å². The third-order valence-corrected chi connectivity index (χ3v) is 3.58. The van der Waals surface area contributed by atoms with Crippen LogP contribution < -0.4 is 10.2 Å². The minimum atomic E-state index is -0.189. The second-order valence-corrected chi connectivity index (χ2v) is 5.13. The minimum Gasteiger partial charge on any atom is -0.394 e. The van der Waals surface area contributed by atoms with Gasteiger partial charge in [-0.15, -0.1) is 0 Å². The second kappa shape index (κ2) is 7.57. The predicted octanol–water partition coefficient (Wildman–Crippen LogP) is 1.52. The van der Waals surface area contributed by atoms with Crippen molar-refractivity contribution in [1.29, 1.82) is 0 Å². The van der Waals surface area contributed by atoms with Crippen LogP contribution in [0.25, 0.3) is 0 Å². The van der Waals surface area contributed by atoms with E-state index in [2.05, 4.69) is 10.2 Å². The maximum Gasteiger partial charge on any atom is 0.125 e.